The van der Waals surface area contributed by atoms with Crippen LogP contribution in [0.4, 0.5) is 20.2 Å². The number of hydrogen-bond acceptors (Lipinski definition) is 6. The van der Waals surface area contributed by atoms with Gasteiger partial charge in [-0.15, -0.1) is 0 Å². The summed E-state index contributed by atoms with van der Waals surface area (Å²) in [4.78, 5) is 14.6. The Balaban J connectivity index is 1.52. The number of carbonyl (C=O) groups is 1. The first-order valence-corrected chi connectivity index (χ1v) is 9.81. The zero-order chi connectivity index (χ0) is 21.1. The van der Waals surface area contributed by atoms with E-state index in [1.54, 1.807) is 24.1 Å². The average Bonchev–Trinajstić information content (AvgIpc) is 3.38. The van der Waals surface area contributed by atoms with Gasteiger partial charge in [0.25, 0.3) is 0 Å². The Hall–Kier alpha value is -2.91. The number of nitrogens with one attached hydrogen (secondary N) is 3. The van der Waals surface area contributed by atoms with Crippen LogP contribution in [0.1, 0.15) is 17.9 Å². The molecule has 2 heterocycles. The van der Waals surface area contributed by atoms with Gasteiger partial charge in [-0.25, -0.2) is 0 Å². The second kappa shape index (κ2) is 8.85. The van der Waals surface area contributed by atoms with Gasteiger partial charge in [0.05, 0.1) is 7.11 Å². The van der Waals surface area contributed by atoms with Gasteiger partial charge in [-0.3, -0.25) is 15.6 Å². The molecule has 2 aliphatic rings. The molecule has 1 unspecified atom stereocenters. The van der Waals surface area contributed by atoms with Crippen molar-refractivity contribution in [2.24, 2.45) is 0 Å². The molecule has 30 heavy (non-hydrogen) atoms. The van der Waals surface area contributed by atoms with Crippen LogP contribution in [0.15, 0.2) is 42.5 Å². The monoisotopic (exact) mass is 418 g/mol. The second-order valence-corrected chi connectivity index (χ2v) is 7.27. The third-order valence-corrected chi connectivity index (χ3v) is 5.40. The molecule has 7 nitrogen and oxygen atoms in total. The van der Waals surface area contributed by atoms with Gasteiger partial charge in [-0.05, 0) is 24.6 Å². The number of amides is 1. The van der Waals surface area contributed by atoms with Crippen LogP contribution in [-0.4, -0.2) is 45.3 Å². The van der Waals surface area contributed by atoms with E-state index in [2.05, 4.69) is 16.2 Å². The lowest BCUT2D eigenvalue weighted by molar-refractivity contribution is -0.117. The molecule has 0 aromatic heterocycles. The molecule has 2 aliphatic heterocycles. The summed E-state index contributed by atoms with van der Waals surface area (Å²) in [6.45, 7) is -1.21. The fraction of sp³-hybridized carbons (Fsp3) is 0.381. The van der Waals surface area contributed by atoms with Crippen LogP contribution in [0.3, 0.4) is 0 Å². The summed E-state index contributed by atoms with van der Waals surface area (Å²) >= 11 is 0. The van der Waals surface area contributed by atoms with E-state index >= 15 is 0 Å². The molecule has 2 aromatic carbocycles. The maximum absolute atomic E-state index is 13.0. The van der Waals surface area contributed by atoms with Crippen LogP contribution in [-0.2, 0) is 4.79 Å². The van der Waals surface area contributed by atoms with Gasteiger partial charge in [0.1, 0.15) is 17.5 Å². The first-order valence-electron chi connectivity index (χ1n) is 9.81. The smallest absolute Gasteiger partial charge is 0.387 e. The van der Waals surface area contributed by atoms with Crippen molar-refractivity contribution in [3.63, 3.8) is 0 Å². The summed E-state index contributed by atoms with van der Waals surface area (Å²) in [7, 11) is 1.59. The summed E-state index contributed by atoms with van der Waals surface area (Å²) in [5, 5.41) is 3.23. The maximum atomic E-state index is 13.0. The minimum Gasteiger partial charge on any atom is -0.497 e. The van der Waals surface area contributed by atoms with E-state index < -0.39 is 12.7 Å². The van der Waals surface area contributed by atoms with E-state index in [-0.39, 0.29) is 17.6 Å². The lowest BCUT2D eigenvalue weighted by Gasteiger charge is -2.21. The largest absolute Gasteiger partial charge is 0.497 e. The lowest BCUT2D eigenvalue weighted by Crippen LogP contribution is -2.33. The third kappa shape index (κ3) is 4.31. The highest BCUT2D eigenvalue weighted by Gasteiger charge is 2.33. The highest BCUT2D eigenvalue weighted by atomic mass is 19.3. The van der Waals surface area contributed by atoms with E-state index in [0.717, 1.165) is 5.69 Å². The SMILES string of the molecule is COc1cccc(NC2CCN(c3ccc(C4CNNC4)c(OC(F)F)c3)C2=O)c1. The quantitative estimate of drug-likeness (QED) is 0.642. The summed E-state index contributed by atoms with van der Waals surface area (Å²) in [5.74, 6) is 0.708. The van der Waals surface area contributed by atoms with E-state index in [1.165, 1.54) is 6.07 Å². The standard InChI is InChI=1S/C21H24F2N4O3/c1-29-16-4-2-3-14(9-16)26-18-7-8-27(20(18)28)15-5-6-17(13-11-24-25-12-13)19(10-15)30-21(22)23/h2-6,9-10,13,18,21,24-26H,7-8,11-12H2,1H3. The van der Waals surface area contributed by atoms with Crippen LogP contribution < -0.4 is 30.5 Å². The number of hydrazine groups is 1. The third-order valence-electron chi connectivity index (χ3n) is 5.40. The Kier molecular flexibility index (Phi) is 6.01. The summed E-state index contributed by atoms with van der Waals surface area (Å²) in [6.07, 6.45) is 0.597. The molecule has 0 aliphatic carbocycles. The summed E-state index contributed by atoms with van der Waals surface area (Å²) in [5.41, 5.74) is 8.00. The molecule has 0 bridgehead atoms. The Morgan fingerprint density at radius 2 is 1.97 bits per heavy atom. The molecule has 1 amide bonds. The van der Waals surface area contributed by atoms with Gasteiger partial charge in [-0.2, -0.15) is 8.78 Å². The number of halogens is 2. The Morgan fingerprint density at radius 3 is 2.70 bits per heavy atom. The van der Waals surface area contributed by atoms with Gasteiger partial charge in [0, 0.05) is 54.6 Å². The van der Waals surface area contributed by atoms with Crippen molar-refractivity contribution in [2.75, 3.05) is 37.0 Å². The minimum atomic E-state index is -2.93. The summed E-state index contributed by atoms with van der Waals surface area (Å²) in [6, 6.07) is 12.0. The molecule has 160 valence electrons. The maximum Gasteiger partial charge on any atom is 0.387 e. The van der Waals surface area contributed by atoms with Gasteiger partial charge in [-0.1, -0.05) is 12.1 Å². The number of hydrogen-bond donors (Lipinski definition) is 3. The average molecular weight is 418 g/mol. The highest BCUT2D eigenvalue weighted by molar-refractivity contribution is 6.01. The van der Waals surface area contributed by atoms with Crippen molar-refractivity contribution in [1.82, 2.24) is 10.9 Å². The van der Waals surface area contributed by atoms with Crippen molar-refractivity contribution >= 4 is 17.3 Å². The molecule has 0 saturated carbocycles. The van der Waals surface area contributed by atoms with Crippen LogP contribution in [0.25, 0.3) is 0 Å². The van der Waals surface area contributed by atoms with E-state index in [1.807, 2.05) is 24.3 Å². The number of rotatable bonds is 7. The Morgan fingerprint density at radius 1 is 1.17 bits per heavy atom. The van der Waals surface area contributed by atoms with E-state index in [9.17, 15) is 13.6 Å². The van der Waals surface area contributed by atoms with Crippen LogP contribution in [0, 0.1) is 0 Å². The van der Waals surface area contributed by atoms with Crippen molar-refractivity contribution in [1.29, 1.82) is 0 Å². The van der Waals surface area contributed by atoms with Gasteiger partial charge < -0.3 is 19.7 Å². The zero-order valence-corrected chi connectivity index (χ0v) is 16.5. The number of benzene rings is 2. The fourth-order valence-electron chi connectivity index (χ4n) is 3.89. The molecule has 2 aromatic rings. The number of ether oxygens (including phenoxy) is 2. The molecule has 9 heteroatoms. The first-order chi connectivity index (χ1) is 14.5. The Bertz CT molecular complexity index is 906. The molecular formula is C21H24F2N4O3. The predicted octanol–water partition coefficient (Wildman–Crippen LogP) is 2.71. The molecule has 0 spiro atoms. The summed E-state index contributed by atoms with van der Waals surface area (Å²) < 4.78 is 36.0. The fourth-order valence-corrected chi connectivity index (χ4v) is 3.89. The normalized spacial score (nSPS) is 19.5. The minimum absolute atomic E-state index is 0.0181. The number of alkyl halides is 2. The number of methoxy groups -OCH3 is 1. The molecule has 2 fully saturated rings. The van der Waals surface area contributed by atoms with E-state index in [0.29, 0.717) is 43.1 Å². The van der Waals surface area contributed by atoms with Crippen molar-refractivity contribution in [3.8, 4) is 11.5 Å². The van der Waals surface area contributed by atoms with Crippen LogP contribution in [0.2, 0.25) is 0 Å². The predicted molar refractivity (Wildman–Crippen MR) is 109 cm³/mol. The van der Waals surface area contributed by atoms with Crippen molar-refractivity contribution < 1.29 is 23.0 Å². The molecule has 1 atom stereocenters. The first kappa shape index (κ1) is 20.4. The van der Waals surface area contributed by atoms with Crippen molar-refractivity contribution in [3.05, 3.63) is 48.0 Å². The topological polar surface area (TPSA) is 74.9 Å². The molecular weight excluding hydrogens is 394 g/mol. The zero-order valence-electron chi connectivity index (χ0n) is 16.5. The highest BCUT2D eigenvalue weighted by Crippen LogP contribution is 2.34. The molecule has 3 N–H and O–H groups in total. The molecule has 0 radical (unpaired) electrons. The van der Waals surface area contributed by atoms with Crippen LogP contribution in [0.5, 0.6) is 11.5 Å². The van der Waals surface area contributed by atoms with Gasteiger partial charge in [0.2, 0.25) is 5.91 Å². The lowest BCUT2D eigenvalue weighted by atomic mass is 9.98. The number of carbonyl (C=O) groups excluding carboxylic acids is 1. The van der Waals surface area contributed by atoms with Gasteiger partial charge >= 0.3 is 6.61 Å². The molecule has 2 saturated heterocycles. The van der Waals surface area contributed by atoms with E-state index in [4.69, 9.17) is 9.47 Å². The number of nitrogens with zero attached hydrogens (tertiary/aromatic N) is 1. The van der Waals surface area contributed by atoms with Crippen molar-refractivity contribution in [2.45, 2.75) is 25.0 Å². The Labute approximate surface area is 173 Å². The van der Waals surface area contributed by atoms with Crippen LogP contribution >= 0.6 is 0 Å². The number of anilines is 2. The van der Waals surface area contributed by atoms with Gasteiger partial charge in [0.15, 0.2) is 0 Å². The second-order valence-electron chi connectivity index (χ2n) is 7.27. The molecule has 4 rings (SSSR count).